The highest BCUT2D eigenvalue weighted by molar-refractivity contribution is 6.08. The van der Waals surface area contributed by atoms with Crippen molar-refractivity contribution >= 4 is 17.5 Å². The lowest BCUT2D eigenvalue weighted by Gasteiger charge is -2.21. The van der Waals surface area contributed by atoms with Gasteiger partial charge in [-0.05, 0) is 36.6 Å². The quantitative estimate of drug-likeness (QED) is 0.784. The van der Waals surface area contributed by atoms with Gasteiger partial charge in [0.2, 0.25) is 5.91 Å². The van der Waals surface area contributed by atoms with Crippen molar-refractivity contribution in [2.24, 2.45) is 5.73 Å². The number of methoxy groups -OCH3 is 1. The summed E-state index contributed by atoms with van der Waals surface area (Å²) in [6.45, 7) is 1.53. The van der Waals surface area contributed by atoms with Crippen molar-refractivity contribution in [1.29, 1.82) is 0 Å². The van der Waals surface area contributed by atoms with Crippen molar-refractivity contribution in [1.82, 2.24) is 0 Å². The van der Waals surface area contributed by atoms with Gasteiger partial charge in [-0.25, -0.2) is 0 Å². The summed E-state index contributed by atoms with van der Waals surface area (Å²) in [4.78, 5) is 23.7. The Morgan fingerprint density at radius 3 is 2.61 bits per heavy atom. The van der Waals surface area contributed by atoms with Crippen LogP contribution in [0.5, 0.6) is 5.75 Å². The van der Waals surface area contributed by atoms with Gasteiger partial charge >= 0.3 is 5.91 Å². The highest BCUT2D eigenvalue weighted by Crippen LogP contribution is 2.24. The van der Waals surface area contributed by atoms with E-state index in [1.807, 2.05) is 5.92 Å². The number of ether oxygens (including phenoxy) is 1. The molecule has 0 saturated carbocycles. The van der Waals surface area contributed by atoms with Crippen LogP contribution in [-0.2, 0) is 9.59 Å². The van der Waals surface area contributed by atoms with Gasteiger partial charge in [-0.2, -0.15) is 0 Å². The van der Waals surface area contributed by atoms with Crippen molar-refractivity contribution < 1.29 is 14.3 Å². The Bertz CT molecular complexity index is 517. The van der Waals surface area contributed by atoms with Crippen LogP contribution >= 0.6 is 0 Å². The monoisotopic (exact) mass is 246 g/mol. The van der Waals surface area contributed by atoms with E-state index in [0.29, 0.717) is 11.4 Å². The van der Waals surface area contributed by atoms with Gasteiger partial charge in [0.1, 0.15) is 12.3 Å². The van der Waals surface area contributed by atoms with Gasteiger partial charge in [0.05, 0.1) is 7.11 Å². The molecule has 0 atom stereocenters. The summed E-state index contributed by atoms with van der Waals surface area (Å²) < 4.78 is 5.06. The number of aryl methyl sites for hydroxylation is 1. The minimum atomic E-state index is -0.631. The van der Waals surface area contributed by atoms with E-state index in [2.05, 4.69) is 0 Å². The van der Waals surface area contributed by atoms with E-state index in [-0.39, 0.29) is 6.54 Å². The minimum Gasteiger partial charge on any atom is -0.497 e. The maximum absolute atomic E-state index is 11.6. The van der Waals surface area contributed by atoms with Crippen LogP contribution in [0.3, 0.4) is 0 Å². The van der Waals surface area contributed by atoms with Gasteiger partial charge in [-0.1, -0.05) is 0 Å². The molecule has 1 aromatic carbocycles. The van der Waals surface area contributed by atoms with E-state index in [4.69, 9.17) is 16.9 Å². The minimum absolute atomic E-state index is 0.254. The van der Waals surface area contributed by atoms with Gasteiger partial charge in [0, 0.05) is 5.69 Å². The number of anilines is 1. The third-order valence-corrected chi connectivity index (χ3v) is 2.38. The van der Waals surface area contributed by atoms with Crippen LogP contribution in [-0.4, -0.2) is 25.5 Å². The maximum Gasteiger partial charge on any atom is 0.303 e. The first kappa shape index (κ1) is 13.6. The van der Waals surface area contributed by atoms with Crippen LogP contribution in [0.15, 0.2) is 18.2 Å². The zero-order valence-electron chi connectivity index (χ0n) is 10.3. The van der Waals surface area contributed by atoms with E-state index in [1.54, 1.807) is 32.2 Å². The van der Waals surface area contributed by atoms with Crippen molar-refractivity contribution in [2.45, 2.75) is 6.92 Å². The van der Waals surface area contributed by atoms with E-state index in [1.165, 1.54) is 0 Å². The molecule has 0 bridgehead atoms. The van der Waals surface area contributed by atoms with Crippen LogP contribution < -0.4 is 15.4 Å². The first-order valence-corrected chi connectivity index (χ1v) is 5.20. The number of hydrogen-bond acceptors (Lipinski definition) is 3. The number of primary amides is 1. The van der Waals surface area contributed by atoms with E-state index < -0.39 is 11.8 Å². The number of carbonyl (C=O) groups excluding carboxylic acids is 2. The molecule has 5 heteroatoms. The van der Waals surface area contributed by atoms with Crippen LogP contribution in [0.4, 0.5) is 5.69 Å². The Hall–Kier alpha value is -2.48. The molecule has 1 rings (SSSR count). The molecule has 0 heterocycles. The lowest BCUT2D eigenvalue weighted by Crippen LogP contribution is -2.38. The molecular weight excluding hydrogens is 232 g/mol. The van der Waals surface area contributed by atoms with Gasteiger partial charge in [-0.15, -0.1) is 6.42 Å². The molecule has 0 aliphatic rings. The van der Waals surface area contributed by atoms with Crippen LogP contribution in [0.25, 0.3) is 0 Å². The third-order valence-electron chi connectivity index (χ3n) is 2.38. The molecule has 2 amide bonds. The predicted molar refractivity (Wildman–Crippen MR) is 68.1 cm³/mol. The van der Waals surface area contributed by atoms with Gasteiger partial charge in [0.15, 0.2) is 0 Å². The third kappa shape index (κ3) is 3.01. The van der Waals surface area contributed by atoms with Crippen LogP contribution in [0.1, 0.15) is 5.56 Å². The number of carbonyl (C=O) groups is 2. The molecule has 0 aliphatic heterocycles. The number of terminal acetylenes is 1. The summed E-state index contributed by atoms with van der Waals surface area (Å²) in [6, 6.07) is 5.08. The highest BCUT2D eigenvalue weighted by atomic mass is 16.5. The average molecular weight is 246 g/mol. The fourth-order valence-electron chi connectivity index (χ4n) is 1.56. The summed E-state index contributed by atoms with van der Waals surface area (Å²) in [5.74, 6) is 1.39. The standard InChI is InChI=1S/C13H14N2O3/c1-4-13(17)15(8-12(14)16)11-6-5-10(18-3)7-9(11)2/h1,5-7H,8H2,2-3H3,(H2,14,16). The number of amides is 2. The Kier molecular flexibility index (Phi) is 4.33. The molecule has 1 aromatic rings. The smallest absolute Gasteiger partial charge is 0.303 e. The molecule has 2 N–H and O–H groups in total. The number of benzene rings is 1. The second-order valence-electron chi connectivity index (χ2n) is 3.65. The van der Waals surface area contributed by atoms with E-state index in [9.17, 15) is 9.59 Å². The maximum atomic E-state index is 11.6. The molecular formula is C13H14N2O3. The van der Waals surface area contributed by atoms with Crippen LogP contribution in [0, 0.1) is 19.3 Å². The van der Waals surface area contributed by atoms with E-state index in [0.717, 1.165) is 10.5 Å². The lowest BCUT2D eigenvalue weighted by atomic mass is 10.1. The first-order valence-electron chi connectivity index (χ1n) is 5.20. The largest absolute Gasteiger partial charge is 0.497 e. The summed E-state index contributed by atoms with van der Waals surface area (Å²) in [5.41, 5.74) is 6.41. The topological polar surface area (TPSA) is 72.6 Å². The fourth-order valence-corrected chi connectivity index (χ4v) is 1.56. The Morgan fingerprint density at radius 2 is 2.17 bits per heavy atom. The fraction of sp³-hybridized carbons (Fsp3) is 0.231. The molecule has 5 nitrogen and oxygen atoms in total. The van der Waals surface area contributed by atoms with Crippen molar-refractivity contribution in [3.63, 3.8) is 0 Å². The van der Waals surface area contributed by atoms with Gasteiger partial charge < -0.3 is 10.5 Å². The predicted octanol–water partition coefficient (Wildman–Crippen LogP) is 0.455. The Morgan fingerprint density at radius 1 is 1.50 bits per heavy atom. The second kappa shape index (κ2) is 5.73. The zero-order chi connectivity index (χ0) is 13.7. The zero-order valence-corrected chi connectivity index (χ0v) is 10.3. The number of hydrogen-bond donors (Lipinski definition) is 1. The second-order valence-corrected chi connectivity index (χ2v) is 3.65. The average Bonchev–Trinajstić information content (AvgIpc) is 2.35. The highest BCUT2D eigenvalue weighted by Gasteiger charge is 2.18. The Balaban J connectivity index is 3.17. The van der Waals surface area contributed by atoms with E-state index >= 15 is 0 Å². The molecule has 0 aromatic heterocycles. The van der Waals surface area contributed by atoms with Crippen LogP contribution in [0.2, 0.25) is 0 Å². The van der Waals surface area contributed by atoms with Gasteiger partial charge in [-0.3, -0.25) is 14.5 Å². The lowest BCUT2D eigenvalue weighted by molar-refractivity contribution is -0.119. The number of rotatable bonds is 4. The van der Waals surface area contributed by atoms with Crippen molar-refractivity contribution in [2.75, 3.05) is 18.6 Å². The Labute approximate surface area is 106 Å². The molecule has 0 radical (unpaired) electrons. The summed E-state index contributed by atoms with van der Waals surface area (Å²) in [6.07, 6.45) is 5.07. The molecule has 0 fully saturated rings. The SMILES string of the molecule is C#CC(=O)N(CC(N)=O)c1ccc(OC)cc1C. The number of nitrogens with zero attached hydrogens (tertiary/aromatic N) is 1. The summed E-state index contributed by atoms with van der Waals surface area (Å²) in [5, 5.41) is 0. The normalized spacial score (nSPS) is 9.39. The summed E-state index contributed by atoms with van der Waals surface area (Å²) in [7, 11) is 1.54. The van der Waals surface area contributed by atoms with Crippen molar-refractivity contribution in [3.8, 4) is 18.1 Å². The summed E-state index contributed by atoms with van der Waals surface area (Å²) >= 11 is 0. The molecule has 18 heavy (non-hydrogen) atoms. The first-order chi connectivity index (χ1) is 8.49. The molecule has 0 saturated heterocycles. The molecule has 0 spiro atoms. The van der Waals surface area contributed by atoms with Crippen molar-refractivity contribution in [3.05, 3.63) is 23.8 Å². The number of nitrogens with two attached hydrogens (primary N) is 1. The molecule has 94 valence electrons. The molecule has 0 aliphatic carbocycles. The van der Waals surface area contributed by atoms with Gasteiger partial charge in [0.25, 0.3) is 0 Å². The molecule has 0 unspecified atom stereocenters.